The van der Waals surface area contributed by atoms with Crippen LogP contribution in [0, 0.1) is 0 Å². The predicted octanol–water partition coefficient (Wildman–Crippen LogP) is 4.82. The molecule has 0 N–H and O–H groups in total. The molecule has 248 valence electrons. The maximum absolute atomic E-state index is 12.2. The molecule has 0 bridgehead atoms. The summed E-state index contributed by atoms with van der Waals surface area (Å²) < 4.78 is 31.1. The number of ether oxygens (including phenoxy) is 6. The van der Waals surface area contributed by atoms with E-state index in [0.29, 0.717) is 42.3 Å². The minimum absolute atomic E-state index is 0.227. The van der Waals surface area contributed by atoms with E-state index >= 15 is 0 Å². The molecule has 0 amide bonds. The van der Waals surface area contributed by atoms with Crippen LogP contribution >= 0.6 is 0 Å². The molecule has 0 unspecified atom stereocenters. The fraction of sp³-hybridized carbons (Fsp3) is 0.216. The molecule has 0 fully saturated rings. The Morgan fingerprint density at radius 2 is 1.06 bits per heavy atom. The summed E-state index contributed by atoms with van der Waals surface area (Å²) in [5.74, 6) is -0.789. The Balaban J connectivity index is 1.77. The Kier molecular flexibility index (Phi) is 12.4. The maximum Gasteiger partial charge on any atom is 0.343 e. The van der Waals surface area contributed by atoms with Crippen LogP contribution in [0.15, 0.2) is 78.9 Å². The third-order valence-corrected chi connectivity index (χ3v) is 7.22. The molecule has 4 aromatic rings. The normalized spacial score (nSPS) is 10.4. The summed E-state index contributed by atoms with van der Waals surface area (Å²) in [6, 6.07) is 23.5. The van der Waals surface area contributed by atoms with Crippen molar-refractivity contribution in [3.8, 4) is 28.4 Å². The number of benzene rings is 4. The van der Waals surface area contributed by atoms with Gasteiger partial charge in [0.1, 0.15) is 17.2 Å². The van der Waals surface area contributed by atoms with Crippen molar-refractivity contribution in [2.24, 2.45) is 0 Å². The Morgan fingerprint density at radius 3 is 1.56 bits per heavy atom. The fourth-order valence-corrected chi connectivity index (χ4v) is 4.89. The molecule has 4 rings (SSSR count). The van der Waals surface area contributed by atoms with Crippen LogP contribution in [0.4, 0.5) is 0 Å². The molecule has 11 nitrogen and oxygen atoms in total. The van der Waals surface area contributed by atoms with Crippen LogP contribution in [0.3, 0.4) is 0 Å². The van der Waals surface area contributed by atoms with Crippen molar-refractivity contribution in [3.05, 3.63) is 112 Å². The highest BCUT2D eigenvalue weighted by molar-refractivity contribution is 5.82. The minimum atomic E-state index is -0.586. The van der Waals surface area contributed by atoms with Crippen molar-refractivity contribution in [3.63, 3.8) is 0 Å². The van der Waals surface area contributed by atoms with Gasteiger partial charge in [0.05, 0.1) is 32.5 Å². The quantitative estimate of drug-likeness (QED) is 0.0933. The third kappa shape index (κ3) is 9.29. The number of hydrogen-bond donors (Lipinski definition) is 0. The number of carbonyl (C=O) groups is 5. The highest BCUT2D eigenvalue weighted by Gasteiger charge is 2.18. The van der Waals surface area contributed by atoms with Gasteiger partial charge in [-0.25, -0.2) is 14.4 Å². The van der Waals surface area contributed by atoms with E-state index in [2.05, 4.69) is 9.47 Å². The van der Waals surface area contributed by atoms with Crippen LogP contribution in [0.5, 0.6) is 17.2 Å². The van der Waals surface area contributed by atoms with Gasteiger partial charge in [-0.05, 0) is 64.6 Å². The molecule has 48 heavy (non-hydrogen) atoms. The van der Waals surface area contributed by atoms with Crippen molar-refractivity contribution in [1.82, 2.24) is 0 Å². The zero-order valence-electron chi connectivity index (χ0n) is 26.7. The second-order valence-corrected chi connectivity index (χ2v) is 10.4. The molecule has 0 aliphatic carbocycles. The zero-order valence-corrected chi connectivity index (χ0v) is 26.7. The van der Waals surface area contributed by atoms with Gasteiger partial charge < -0.3 is 28.4 Å². The standard InChI is InChI=1S/C37H34O11/c1-43-34(40)21-46-32-11-9-24(15-29(32)19-38)13-26-17-28(14-25-10-12-33(30(16-25)20-39)47-22-35(41)44-2)37(48-23-36(42)45-3)31(18-26)27-7-5-4-6-8-27/h4-12,15-20H,13-14,21-23H2,1-3H3. The molecule has 0 aromatic heterocycles. The lowest BCUT2D eigenvalue weighted by molar-refractivity contribution is -0.143. The number of carbonyl (C=O) groups excluding carboxylic acids is 5. The molecule has 0 saturated heterocycles. The number of aldehydes is 2. The molecule has 0 heterocycles. The first kappa shape index (κ1) is 34.9. The first-order chi connectivity index (χ1) is 23.3. The van der Waals surface area contributed by atoms with E-state index in [1.807, 2.05) is 42.5 Å². The van der Waals surface area contributed by atoms with Gasteiger partial charge in [0.2, 0.25) is 0 Å². The van der Waals surface area contributed by atoms with Gasteiger partial charge in [0, 0.05) is 12.0 Å². The van der Waals surface area contributed by atoms with Gasteiger partial charge >= 0.3 is 17.9 Å². The van der Waals surface area contributed by atoms with Crippen molar-refractivity contribution < 1.29 is 52.4 Å². The van der Waals surface area contributed by atoms with Crippen LogP contribution in [-0.2, 0) is 41.4 Å². The van der Waals surface area contributed by atoms with E-state index in [1.54, 1.807) is 36.4 Å². The summed E-state index contributed by atoms with van der Waals surface area (Å²) in [6.07, 6.45) is 1.99. The van der Waals surface area contributed by atoms with E-state index in [-0.39, 0.29) is 42.4 Å². The van der Waals surface area contributed by atoms with Crippen LogP contribution in [0.25, 0.3) is 11.1 Å². The Labute approximate surface area is 277 Å². The molecule has 0 aliphatic heterocycles. The number of hydrogen-bond acceptors (Lipinski definition) is 11. The summed E-state index contributed by atoms with van der Waals surface area (Å²) in [7, 11) is 3.76. The highest BCUT2D eigenvalue weighted by Crippen LogP contribution is 2.37. The van der Waals surface area contributed by atoms with E-state index in [4.69, 9.17) is 18.9 Å². The first-order valence-corrected chi connectivity index (χ1v) is 14.7. The largest absolute Gasteiger partial charge is 0.481 e. The zero-order chi connectivity index (χ0) is 34.5. The van der Waals surface area contributed by atoms with Crippen LogP contribution in [0.1, 0.15) is 43.0 Å². The Hall–Kier alpha value is -5.97. The van der Waals surface area contributed by atoms with Crippen molar-refractivity contribution in [2.45, 2.75) is 12.8 Å². The van der Waals surface area contributed by atoms with Gasteiger partial charge in [0.15, 0.2) is 32.4 Å². The average Bonchev–Trinajstić information content (AvgIpc) is 3.12. The van der Waals surface area contributed by atoms with Crippen LogP contribution in [-0.4, -0.2) is 71.6 Å². The van der Waals surface area contributed by atoms with Gasteiger partial charge in [-0.1, -0.05) is 48.5 Å². The highest BCUT2D eigenvalue weighted by atomic mass is 16.6. The Bertz CT molecular complexity index is 1780. The summed E-state index contributed by atoms with van der Waals surface area (Å²) in [5, 5.41) is 0. The molecule has 0 radical (unpaired) electrons. The van der Waals surface area contributed by atoms with E-state index < -0.39 is 17.9 Å². The maximum atomic E-state index is 12.2. The summed E-state index contributed by atoms with van der Waals surface area (Å²) >= 11 is 0. The SMILES string of the molecule is COC(=O)COc1ccc(Cc2cc(Cc3ccc(OCC(=O)OC)c(C=O)c3)c(OCC(=O)OC)c(-c3ccccc3)c2)cc1C=O. The predicted molar refractivity (Wildman–Crippen MR) is 174 cm³/mol. The lowest BCUT2D eigenvalue weighted by atomic mass is 9.92. The van der Waals surface area contributed by atoms with E-state index in [0.717, 1.165) is 22.3 Å². The van der Waals surface area contributed by atoms with Gasteiger partial charge in [-0.3, -0.25) is 9.59 Å². The summed E-state index contributed by atoms with van der Waals surface area (Å²) in [4.78, 5) is 59.1. The topological polar surface area (TPSA) is 141 Å². The lowest BCUT2D eigenvalue weighted by Crippen LogP contribution is -2.14. The number of esters is 3. The molecular weight excluding hydrogens is 620 g/mol. The van der Waals surface area contributed by atoms with Crippen LogP contribution in [0.2, 0.25) is 0 Å². The van der Waals surface area contributed by atoms with Crippen LogP contribution < -0.4 is 14.2 Å². The fourth-order valence-electron chi connectivity index (χ4n) is 4.89. The van der Waals surface area contributed by atoms with E-state index in [9.17, 15) is 24.0 Å². The second-order valence-electron chi connectivity index (χ2n) is 10.4. The average molecular weight is 655 g/mol. The Morgan fingerprint density at radius 1 is 0.562 bits per heavy atom. The smallest absolute Gasteiger partial charge is 0.343 e. The number of methoxy groups -OCH3 is 3. The lowest BCUT2D eigenvalue weighted by Gasteiger charge is -2.19. The minimum Gasteiger partial charge on any atom is -0.481 e. The van der Waals surface area contributed by atoms with E-state index in [1.165, 1.54) is 21.3 Å². The second kappa shape index (κ2) is 17.1. The molecule has 0 saturated carbocycles. The molecule has 0 atom stereocenters. The van der Waals surface area contributed by atoms with Crippen molar-refractivity contribution in [2.75, 3.05) is 41.2 Å². The molecular formula is C37H34O11. The molecule has 0 spiro atoms. The molecule has 0 aliphatic rings. The molecule has 11 heteroatoms. The summed E-state index contributed by atoms with van der Waals surface area (Å²) in [6.45, 7) is -1.02. The third-order valence-electron chi connectivity index (χ3n) is 7.22. The molecule has 4 aromatic carbocycles. The first-order valence-electron chi connectivity index (χ1n) is 14.7. The van der Waals surface area contributed by atoms with Crippen molar-refractivity contribution in [1.29, 1.82) is 0 Å². The van der Waals surface area contributed by atoms with Crippen molar-refractivity contribution >= 4 is 30.5 Å². The summed E-state index contributed by atoms with van der Waals surface area (Å²) in [5.41, 5.74) is 5.17. The number of rotatable bonds is 16. The van der Waals surface area contributed by atoms with Gasteiger partial charge in [-0.15, -0.1) is 0 Å². The van der Waals surface area contributed by atoms with Gasteiger partial charge in [-0.2, -0.15) is 0 Å². The van der Waals surface area contributed by atoms with Gasteiger partial charge in [0.25, 0.3) is 0 Å². The monoisotopic (exact) mass is 654 g/mol.